The van der Waals surface area contributed by atoms with Crippen LogP contribution in [-0.2, 0) is 5.41 Å². The number of aromatic carboxylic acids is 1. The lowest BCUT2D eigenvalue weighted by atomic mass is 9.52. The first-order valence-corrected chi connectivity index (χ1v) is 15.4. The van der Waals surface area contributed by atoms with E-state index in [-0.39, 0.29) is 17.3 Å². The van der Waals surface area contributed by atoms with Crippen LogP contribution in [0.1, 0.15) is 96.7 Å². The van der Waals surface area contributed by atoms with Crippen LogP contribution in [0.15, 0.2) is 24.4 Å². The number of carboxylic acid groups (broad SMARTS) is 1. The van der Waals surface area contributed by atoms with Gasteiger partial charge in [-0.05, 0) is 108 Å². The highest BCUT2D eigenvalue weighted by Gasteiger charge is 2.51. The van der Waals surface area contributed by atoms with Gasteiger partial charge in [-0.1, -0.05) is 26.8 Å². The van der Waals surface area contributed by atoms with Gasteiger partial charge in [-0.25, -0.2) is 19.2 Å². The van der Waals surface area contributed by atoms with Crippen LogP contribution in [0, 0.1) is 52.8 Å². The number of rotatable bonds is 5. The molecule has 8 heteroatoms. The quantitative estimate of drug-likeness (QED) is 0.331. The van der Waals surface area contributed by atoms with Crippen LogP contribution >= 0.6 is 0 Å². The van der Waals surface area contributed by atoms with E-state index in [0.29, 0.717) is 16.7 Å². The molecule has 1 atom stereocenters. The summed E-state index contributed by atoms with van der Waals surface area (Å²) in [5.74, 6) is 0.786. The topological polar surface area (TPSA) is 82.5 Å². The fraction of sp³-hybridized carbons (Fsp3) is 0.543. The second-order valence-corrected chi connectivity index (χ2v) is 13.6. The van der Waals surface area contributed by atoms with Crippen molar-refractivity contribution >= 4 is 17.6 Å². The van der Waals surface area contributed by atoms with Gasteiger partial charge in [0.05, 0.1) is 28.8 Å². The summed E-state index contributed by atoms with van der Waals surface area (Å²) >= 11 is 0. The number of carbonyl (C=O) groups is 1. The Morgan fingerprint density at radius 3 is 2.19 bits per heavy atom. The number of nitrogens with zero attached hydrogens (tertiary/aromatic N) is 5. The van der Waals surface area contributed by atoms with Gasteiger partial charge in [-0.15, -0.1) is 0 Å². The molecule has 2 aromatic heterocycles. The summed E-state index contributed by atoms with van der Waals surface area (Å²) in [6.45, 7) is 22.9. The van der Waals surface area contributed by atoms with E-state index in [9.17, 15) is 14.3 Å². The Kier molecular flexibility index (Phi) is 9.19. The number of halogens is 1. The minimum absolute atomic E-state index is 0.0995. The van der Waals surface area contributed by atoms with E-state index in [1.807, 2.05) is 39.1 Å². The number of aryl methyl sites for hydroxylation is 5. The van der Waals surface area contributed by atoms with Crippen LogP contribution in [0.4, 0.5) is 16.0 Å². The molecule has 2 fully saturated rings. The second-order valence-electron chi connectivity index (χ2n) is 13.6. The summed E-state index contributed by atoms with van der Waals surface area (Å²) in [5, 5.41) is 9.44. The van der Waals surface area contributed by atoms with Crippen molar-refractivity contribution in [2.24, 2.45) is 5.41 Å². The summed E-state index contributed by atoms with van der Waals surface area (Å²) in [5.41, 5.74) is 7.13. The molecule has 1 saturated carbocycles. The van der Waals surface area contributed by atoms with Crippen molar-refractivity contribution in [1.82, 2.24) is 15.0 Å². The van der Waals surface area contributed by atoms with Crippen molar-refractivity contribution in [3.63, 3.8) is 0 Å². The lowest BCUT2D eigenvalue weighted by Crippen LogP contribution is -2.53. The Balaban J connectivity index is 0.000000359. The van der Waals surface area contributed by atoms with E-state index >= 15 is 0 Å². The van der Waals surface area contributed by atoms with E-state index in [1.165, 1.54) is 5.69 Å². The van der Waals surface area contributed by atoms with E-state index in [1.54, 1.807) is 19.9 Å². The molecule has 1 aliphatic carbocycles. The van der Waals surface area contributed by atoms with Gasteiger partial charge in [-0.2, -0.15) is 0 Å². The number of aromatic nitrogens is 3. The van der Waals surface area contributed by atoms with Gasteiger partial charge in [0.25, 0.3) is 0 Å². The van der Waals surface area contributed by atoms with Crippen molar-refractivity contribution in [2.45, 2.75) is 100.0 Å². The van der Waals surface area contributed by atoms with Crippen LogP contribution in [0.2, 0.25) is 0 Å². The van der Waals surface area contributed by atoms with Crippen molar-refractivity contribution in [1.29, 1.82) is 0 Å². The first-order valence-electron chi connectivity index (χ1n) is 15.4. The first kappa shape index (κ1) is 32.4. The Morgan fingerprint density at radius 2 is 1.65 bits per heavy atom. The fourth-order valence-electron chi connectivity index (χ4n) is 7.24. The highest BCUT2D eigenvalue weighted by Crippen LogP contribution is 2.57. The number of hydrogen-bond donors (Lipinski definition) is 1. The number of anilines is 2. The van der Waals surface area contributed by atoms with Gasteiger partial charge >= 0.3 is 5.97 Å². The maximum absolute atomic E-state index is 12.8. The second kappa shape index (κ2) is 12.2. The molecule has 232 valence electrons. The zero-order chi connectivity index (χ0) is 31.9. The number of piperazine rings is 1. The van der Waals surface area contributed by atoms with Gasteiger partial charge in [-0.3, -0.25) is 4.98 Å². The highest BCUT2D eigenvalue weighted by atomic mass is 19.1. The predicted octanol–water partition coefficient (Wildman–Crippen LogP) is 7.43. The minimum Gasteiger partial charge on any atom is -0.478 e. The fourth-order valence-corrected chi connectivity index (χ4v) is 7.24. The van der Waals surface area contributed by atoms with Gasteiger partial charge < -0.3 is 14.9 Å². The molecule has 0 spiro atoms. The molecule has 1 aliphatic heterocycles. The third kappa shape index (κ3) is 6.68. The Bertz CT molecular complexity index is 1460. The molecular weight excluding hydrogens is 541 g/mol. The van der Waals surface area contributed by atoms with Gasteiger partial charge in [0, 0.05) is 31.1 Å². The SMILES string of the molecule is CCC1(c2nc(N3CCN(c4cc(C)c(C(=O)O)c(C)n4)CC3C)cnc2C)CC(C)(C)C1.Cc1cc(C)c(C)c(F)c1. The molecule has 1 saturated heterocycles. The molecule has 7 nitrogen and oxygen atoms in total. The lowest BCUT2D eigenvalue weighted by Gasteiger charge is -2.53. The smallest absolute Gasteiger partial charge is 0.337 e. The average molecular weight is 590 g/mol. The molecule has 0 amide bonds. The van der Waals surface area contributed by atoms with Crippen molar-refractivity contribution < 1.29 is 14.3 Å². The van der Waals surface area contributed by atoms with Crippen molar-refractivity contribution in [2.75, 3.05) is 29.4 Å². The summed E-state index contributed by atoms with van der Waals surface area (Å²) in [4.78, 5) is 30.7. The van der Waals surface area contributed by atoms with Crippen molar-refractivity contribution in [3.8, 4) is 0 Å². The highest BCUT2D eigenvalue weighted by molar-refractivity contribution is 5.90. The summed E-state index contributed by atoms with van der Waals surface area (Å²) < 4.78 is 12.8. The monoisotopic (exact) mass is 589 g/mol. The predicted molar refractivity (Wildman–Crippen MR) is 172 cm³/mol. The zero-order valence-corrected chi connectivity index (χ0v) is 27.6. The molecule has 43 heavy (non-hydrogen) atoms. The van der Waals surface area contributed by atoms with E-state index in [4.69, 9.17) is 9.97 Å². The molecule has 3 heterocycles. The van der Waals surface area contributed by atoms with Crippen LogP contribution in [0.25, 0.3) is 0 Å². The molecule has 1 aromatic carbocycles. The standard InChI is InChI=1S/C26H37N5O2.C9H11F/c1-8-26(14-25(6,7)15-26)23-19(5)27-12-21(29-23)31-10-9-30(13-17(31)3)20-11-16(2)22(24(32)33)18(4)28-20;1-6-4-7(2)8(3)9(10)5-6/h11-12,17H,8-10,13-15H2,1-7H3,(H,32,33);4-5H,1-3H3. The Hall–Kier alpha value is -3.55. The van der Waals surface area contributed by atoms with Gasteiger partial charge in [0.15, 0.2) is 0 Å². The number of pyridine rings is 1. The maximum atomic E-state index is 12.8. The number of carboxylic acids is 1. The lowest BCUT2D eigenvalue weighted by molar-refractivity contribution is 0.0492. The van der Waals surface area contributed by atoms with E-state index in [2.05, 4.69) is 49.4 Å². The first-order chi connectivity index (χ1) is 20.1. The van der Waals surface area contributed by atoms with E-state index in [0.717, 1.165) is 78.5 Å². The molecule has 2 aliphatic rings. The molecule has 1 unspecified atom stereocenters. The third-order valence-corrected chi connectivity index (χ3v) is 9.35. The van der Waals surface area contributed by atoms with Gasteiger partial charge in [0.1, 0.15) is 17.5 Å². The molecular formula is C35H48FN5O2. The summed E-state index contributed by atoms with van der Waals surface area (Å²) in [6.07, 6.45) is 5.34. The summed E-state index contributed by atoms with van der Waals surface area (Å²) in [7, 11) is 0. The number of benzene rings is 1. The summed E-state index contributed by atoms with van der Waals surface area (Å²) in [6, 6.07) is 5.67. The molecule has 5 rings (SSSR count). The minimum atomic E-state index is -0.921. The van der Waals surface area contributed by atoms with Crippen LogP contribution < -0.4 is 9.80 Å². The zero-order valence-electron chi connectivity index (χ0n) is 27.6. The molecule has 0 bridgehead atoms. The molecule has 1 N–H and O–H groups in total. The Labute approximate surface area is 256 Å². The molecule has 3 aromatic rings. The van der Waals surface area contributed by atoms with Crippen LogP contribution in [0.3, 0.4) is 0 Å². The number of hydrogen-bond acceptors (Lipinski definition) is 6. The maximum Gasteiger partial charge on any atom is 0.337 e. The largest absolute Gasteiger partial charge is 0.478 e. The Morgan fingerprint density at radius 1 is 0.977 bits per heavy atom. The van der Waals surface area contributed by atoms with E-state index < -0.39 is 5.97 Å². The van der Waals surface area contributed by atoms with Crippen LogP contribution in [0.5, 0.6) is 0 Å². The van der Waals surface area contributed by atoms with Crippen molar-refractivity contribution in [3.05, 3.63) is 75.1 Å². The average Bonchev–Trinajstić information content (AvgIpc) is 2.90. The van der Waals surface area contributed by atoms with Gasteiger partial charge in [0.2, 0.25) is 0 Å². The molecule has 0 radical (unpaired) electrons. The van der Waals surface area contributed by atoms with Crippen LogP contribution in [-0.4, -0.2) is 51.7 Å². The normalized spacial score (nSPS) is 18.9. The third-order valence-electron chi connectivity index (χ3n) is 9.35.